The van der Waals surface area contributed by atoms with Gasteiger partial charge >= 0.3 is 5.97 Å². The van der Waals surface area contributed by atoms with Crippen molar-refractivity contribution in [3.8, 4) is 5.75 Å². The number of nitrogens with zero attached hydrogens (tertiary/aromatic N) is 1. The zero-order valence-electron chi connectivity index (χ0n) is 17.1. The predicted octanol–water partition coefficient (Wildman–Crippen LogP) is 3.47. The number of hydrogen-bond acceptors (Lipinski definition) is 5. The van der Waals surface area contributed by atoms with Crippen LogP contribution >= 0.6 is 15.9 Å². The summed E-state index contributed by atoms with van der Waals surface area (Å²) >= 11 is 3.37. The molecule has 0 aromatic heterocycles. The Kier molecular flexibility index (Phi) is 5.39. The summed E-state index contributed by atoms with van der Waals surface area (Å²) in [6.07, 6.45) is 0.163. The number of amides is 2. The van der Waals surface area contributed by atoms with Crippen molar-refractivity contribution in [3.05, 3.63) is 58.6 Å². The van der Waals surface area contributed by atoms with E-state index in [1.54, 1.807) is 42.5 Å². The van der Waals surface area contributed by atoms with Gasteiger partial charge in [0.25, 0.3) is 0 Å². The van der Waals surface area contributed by atoms with Gasteiger partial charge in [-0.3, -0.25) is 19.7 Å². The Hall–Kier alpha value is -2.71. The molecule has 0 spiro atoms. The highest BCUT2D eigenvalue weighted by atomic mass is 79.9. The maximum atomic E-state index is 13.6. The van der Waals surface area contributed by atoms with Gasteiger partial charge in [-0.05, 0) is 42.7 Å². The Balaban J connectivity index is 1.90. The molecular formula is C23H23BrN2O5. The van der Waals surface area contributed by atoms with E-state index in [2.05, 4.69) is 21.2 Å². The lowest BCUT2D eigenvalue weighted by molar-refractivity contribution is -0.149. The Morgan fingerprint density at radius 2 is 1.84 bits per heavy atom. The number of nitrogens with one attached hydrogen (secondary N) is 1. The van der Waals surface area contributed by atoms with Crippen LogP contribution in [0.15, 0.2) is 53.0 Å². The molecule has 2 heterocycles. The number of aromatic hydroxyl groups is 1. The molecule has 2 amide bonds. The van der Waals surface area contributed by atoms with E-state index in [0.29, 0.717) is 15.7 Å². The molecule has 162 valence electrons. The molecule has 2 aromatic rings. The fraction of sp³-hybridized carbons (Fsp3) is 0.348. The Labute approximate surface area is 188 Å². The van der Waals surface area contributed by atoms with Gasteiger partial charge in [-0.1, -0.05) is 48.0 Å². The van der Waals surface area contributed by atoms with E-state index in [1.807, 2.05) is 13.8 Å². The monoisotopic (exact) mass is 486 g/mol. The van der Waals surface area contributed by atoms with Crippen molar-refractivity contribution in [2.75, 3.05) is 4.90 Å². The first kappa shape index (κ1) is 21.5. The zero-order chi connectivity index (χ0) is 22.5. The summed E-state index contributed by atoms with van der Waals surface area (Å²) in [5.41, 5.74) is -0.839. The van der Waals surface area contributed by atoms with E-state index in [4.69, 9.17) is 0 Å². The minimum Gasteiger partial charge on any atom is -0.508 e. The van der Waals surface area contributed by atoms with Crippen LogP contribution in [0, 0.1) is 17.8 Å². The second-order valence-corrected chi connectivity index (χ2v) is 9.47. The van der Waals surface area contributed by atoms with Crippen LogP contribution in [-0.2, 0) is 14.4 Å². The van der Waals surface area contributed by atoms with Crippen LogP contribution in [0.3, 0.4) is 0 Å². The molecule has 0 saturated carbocycles. The number of hydrogen-bond donors (Lipinski definition) is 3. The van der Waals surface area contributed by atoms with Gasteiger partial charge in [-0.2, -0.15) is 0 Å². The number of phenols is 1. The molecule has 2 saturated heterocycles. The predicted molar refractivity (Wildman–Crippen MR) is 117 cm³/mol. The molecule has 7 nitrogen and oxygen atoms in total. The summed E-state index contributed by atoms with van der Waals surface area (Å²) in [5.74, 6) is -4.34. The van der Waals surface area contributed by atoms with Gasteiger partial charge in [0, 0.05) is 16.1 Å². The number of aliphatic carboxylic acids is 1. The van der Waals surface area contributed by atoms with Crippen LogP contribution in [0.25, 0.3) is 0 Å². The highest BCUT2D eigenvalue weighted by Gasteiger charge is 2.68. The smallest absolute Gasteiger partial charge is 0.324 e. The lowest BCUT2D eigenvalue weighted by Gasteiger charge is -2.32. The number of rotatable bonds is 5. The molecule has 2 aromatic carbocycles. The topological polar surface area (TPSA) is 107 Å². The van der Waals surface area contributed by atoms with Crippen LogP contribution in [-0.4, -0.2) is 33.5 Å². The fourth-order valence-corrected chi connectivity index (χ4v) is 5.37. The maximum Gasteiger partial charge on any atom is 0.324 e. The van der Waals surface area contributed by atoms with Crippen molar-refractivity contribution in [2.45, 2.75) is 31.8 Å². The molecule has 31 heavy (non-hydrogen) atoms. The third-order valence-electron chi connectivity index (χ3n) is 6.11. The number of anilines is 1. The van der Waals surface area contributed by atoms with Crippen molar-refractivity contribution in [3.63, 3.8) is 0 Å². The maximum absolute atomic E-state index is 13.6. The SMILES string of the molecule is CC(C)CC1(C(=O)O)NC(c2cc(Br)ccc2O)C2C(=O)N(c3ccccc3)C(=O)C21. The van der Waals surface area contributed by atoms with Gasteiger partial charge in [0.1, 0.15) is 11.3 Å². The first-order valence-corrected chi connectivity index (χ1v) is 10.9. The van der Waals surface area contributed by atoms with Gasteiger partial charge in [0.2, 0.25) is 11.8 Å². The molecule has 2 aliphatic heterocycles. The molecule has 4 unspecified atom stereocenters. The van der Waals surface area contributed by atoms with E-state index in [9.17, 15) is 24.6 Å². The second kappa shape index (κ2) is 7.76. The molecule has 2 aliphatic rings. The number of carboxylic acids is 1. The molecule has 0 bridgehead atoms. The van der Waals surface area contributed by atoms with Crippen LogP contribution in [0.5, 0.6) is 5.75 Å². The number of para-hydroxylation sites is 1. The minimum absolute atomic E-state index is 0.0483. The second-order valence-electron chi connectivity index (χ2n) is 8.55. The number of carboxylic acid groups (broad SMARTS) is 1. The largest absolute Gasteiger partial charge is 0.508 e. The first-order chi connectivity index (χ1) is 14.7. The summed E-state index contributed by atoms with van der Waals surface area (Å²) in [6, 6.07) is 12.5. The highest BCUT2D eigenvalue weighted by molar-refractivity contribution is 9.10. The quantitative estimate of drug-likeness (QED) is 0.558. The number of halogens is 1. The summed E-state index contributed by atoms with van der Waals surface area (Å²) in [6.45, 7) is 3.75. The molecular weight excluding hydrogens is 464 g/mol. The van der Waals surface area contributed by atoms with E-state index >= 15 is 0 Å². The first-order valence-electron chi connectivity index (χ1n) is 10.1. The van der Waals surface area contributed by atoms with Gasteiger partial charge in [0.15, 0.2) is 0 Å². The summed E-state index contributed by atoms with van der Waals surface area (Å²) in [7, 11) is 0. The lowest BCUT2D eigenvalue weighted by atomic mass is 9.75. The van der Waals surface area contributed by atoms with Crippen molar-refractivity contribution >= 4 is 39.4 Å². The molecule has 2 fully saturated rings. The van der Waals surface area contributed by atoms with Crippen LogP contribution in [0.2, 0.25) is 0 Å². The summed E-state index contributed by atoms with van der Waals surface area (Å²) in [4.78, 5) is 40.8. The molecule has 4 rings (SSSR count). The molecule has 4 atom stereocenters. The summed E-state index contributed by atoms with van der Waals surface area (Å²) < 4.78 is 0.673. The standard InChI is InChI=1S/C23H23BrN2O5/c1-12(2)11-23(22(30)31)18-17(19(25-23)15-10-13(24)8-9-16(15)27)20(28)26(21(18)29)14-6-4-3-5-7-14/h3-10,12,17-19,25,27H,11H2,1-2H3,(H,30,31). The number of fused-ring (bicyclic) bond motifs is 1. The normalized spacial score (nSPS) is 27.7. The van der Waals surface area contributed by atoms with Gasteiger partial charge in [-0.15, -0.1) is 0 Å². The Bertz CT molecular complexity index is 1060. The number of phenolic OH excluding ortho intramolecular Hbond substituents is 1. The van der Waals surface area contributed by atoms with Crippen molar-refractivity contribution < 1.29 is 24.6 Å². The Morgan fingerprint density at radius 3 is 2.45 bits per heavy atom. The molecule has 3 N–H and O–H groups in total. The number of carbonyl (C=O) groups excluding carboxylic acids is 2. The van der Waals surface area contributed by atoms with E-state index in [0.717, 1.165) is 4.90 Å². The minimum atomic E-state index is -1.63. The van der Waals surface area contributed by atoms with Crippen LogP contribution in [0.4, 0.5) is 5.69 Å². The van der Waals surface area contributed by atoms with Crippen molar-refractivity contribution in [2.24, 2.45) is 17.8 Å². The number of carbonyl (C=O) groups is 3. The van der Waals surface area contributed by atoms with Crippen molar-refractivity contribution in [1.29, 1.82) is 0 Å². The Morgan fingerprint density at radius 1 is 1.16 bits per heavy atom. The van der Waals surface area contributed by atoms with Gasteiger partial charge < -0.3 is 10.2 Å². The highest BCUT2D eigenvalue weighted by Crippen LogP contribution is 2.53. The lowest BCUT2D eigenvalue weighted by Crippen LogP contribution is -2.56. The van der Waals surface area contributed by atoms with E-state index < -0.39 is 41.2 Å². The fourth-order valence-electron chi connectivity index (χ4n) is 4.99. The molecule has 0 aliphatic carbocycles. The third-order valence-corrected chi connectivity index (χ3v) is 6.60. The van der Waals surface area contributed by atoms with Crippen molar-refractivity contribution in [1.82, 2.24) is 5.32 Å². The summed E-state index contributed by atoms with van der Waals surface area (Å²) in [5, 5.41) is 23.9. The van der Waals surface area contributed by atoms with Crippen LogP contribution < -0.4 is 10.2 Å². The molecule has 0 radical (unpaired) electrons. The van der Waals surface area contributed by atoms with E-state index in [1.165, 1.54) is 6.07 Å². The van der Waals surface area contributed by atoms with Crippen LogP contribution in [0.1, 0.15) is 31.9 Å². The number of benzene rings is 2. The third kappa shape index (κ3) is 3.34. The van der Waals surface area contributed by atoms with Gasteiger partial charge in [-0.25, -0.2) is 4.90 Å². The average molecular weight is 487 g/mol. The van der Waals surface area contributed by atoms with E-state index in [-0.39, 0.29) is 18.1 Å². The molecule has 8 heteroatoms. The zero-order valence-corrected chi connectivity index (χ0v) is 18.7. The average Bonchev–Trinajstić information content (AvgIpc) is 3.18. The van der Waals surface area contributed by atoms with Gasteiger partial charge in [0.05, 0.1) is 17.5 Å². The number of imide groups is 1.